The van der Waals surface area contributed by atoms with Crippen LogP contribution in [0.2, 0.25) is 0 Å². The van der Waals surface area contributed by atoms with Crippen LogP contribution in [0.5, 0.6) is 5.75 Å². The molecule has 7 nitrogen and oxygen atoms in total. The van der Waals surface area contributed by atoms with Crippen molar-refractivity contribution >= 4 is 17.4 Å². The Bertz CT molecular complexity index is 1170. The number of ketones is 1. The fourth-order valence-corrected chi connectivity index (χ4v) is 3.58. The lowest BCUT2D eigenvalue weighted by Gasteiger charge is -2.25. The molecule has 3 heterocycles. The van der Waals surface area contributed by atoms with E-state index < -0.39 is 29.3 Å². The highest BCUT2D eigenvalue weighted by molar-refractivity contribution is 6.46. The summed E-state index contributed by atoms with van der Waals surface area (Å²) >= 11 is 0. The SMILES string of the molecule is COc1ccc(/C(O)=C2\C(=O)C(=O)N(Cc3cccnc3)C2c2cccnc2)cc1F. The first-order valence-electron chi connectivity index (χ1n) is 9.42. The molecule has 1 unspecified atom stereocenters. The van der Waals surface area contributed by atoms with E-state index in [0.717, 1.165) is 6.07 Å². The number of ether oxygens (including phenoxy) is 1. The summed E-state index contributed by atoms with van der Waals surface area (Å²) in [6.07, 6.45) is 6.29. The van der Waals surface area contributed by atoms with Gasteiger partial charge in [-0.05, 0) is 41.5 Å². The van der Waals surface area contributed by atoms with Crippen LogP contribution in [0.25, 0.3) is 5.76 Å². The van der Waals surface area contributed by atoms with E-state index in [1.807, 2.05) is 0 Å². The molecular weight excluding hydrogens is 401 g/mol. The minimum absolute atomic E-state index is 0.00242. The Labute approximate surface area is 177 Å². The van der Waals surface area contributed by atoms with Gasteiger partial charge in [-0.2, -0.15) is 0 Å². The predicted molar refractivity (Wildman–Crippen MR) is 109 cm³/mol. The number of rotatable bonds is 5. The van der Waals surface area contributed by atoms with E-state index in [9.17, 15) is 19.1 Å². The van der Waals surface area contributed by atoms with Gasteiger partial charge in [-0.25, -0.2) is 4.39 Å². The van der Waals surface area contributed by atoms with Crippen LogP contribution in [0.4, 0.5) is 4.39 Å². The van der Waals surface area contributed by atoms with E-state index in [-0.39, 0.29) is 23.4 Å². The van der Waals surface area contributed by atoms with Crippen LogP contribution in [0.3, 0.4) is 0 Å². The molecule has 0 spiro atoms. The lowest BCUT2D eigenvalue weighted by molar-refractivity contribution is -0.140. The summed E-state index contributed by atoms with van der Waals surface area (Å²) in [6.45, 7) is 0.103. The van der Waals surface area contributed by atoms with Crippen molar-refractivity contribution in [1.29, 1.82) is 0 Å². The van der Waals surface area contributed by atoms with Crippen LogP contribution in [0.1, 0.15) is 22.7 Å². The van der Waals surface area contributed by atoms with Gasteiger partial charge in [0.2, 0.25) is 0 Å². The number of hydrogen-bond acceptors (Lipinski definition) is 6. The molecule has 156 valence electrons. The van der Waals surface area contributed by atoms with Crippen molar-refractivity contribution in [3.05, 3.63) is 95.3 Å². The number of carbonyl (C=O) groups excluding carboxylic acids is 2. The van der Waals surface area contributed by atoms with Crippen molar-refractivity contribution in [2.24, 2.45) is 0 Å². The molecule has 8 heteroatoms. The fourth-order valence-electron chi connectivity index (χ4n) is 3.58. The number of aliphatic hydroxyl groups is 1. The summed E-state index contributed by atoms with van der Waals surface area (Å²) in [5.41, 5.74) is 1.19. The Hall–Kier alpha value is -4.07. The summed E-state index contributed by atoms with van der Waals surface area (Å²) in [6, 6.07) is 9.83. The van der Waals surface area contributed by atoms with Crippen molar-refractivity contribution in [2.75, 3.05) is 7.11 Å². The van der Waals surface area contributed by atoms with Gasteiger partial charge in [-0.1, -0.05) is 12.1 Å². The minimum Gasteiger partial charge on any atom is -0.507 e. The average molecular weight is 419 g/mol. The molecule has 1 aromatic carbocycles. The number of methoxy groups -OCH3 is 1. The molecule has 1 amide bonds. The second kappa shape index (κ2) is 8.35. The molecule has 31 heavy (non-hydrogen) atoms. The number of amides is 1. The number of aliphatic hydroxyl groups excluding tert-OH is 1. The molecule has 1 N–H and O–H groups in total. The molecule has 4 rings (SSSR count). The number of likely N-dealkylation sites (tertiary alicyclic amines) is 1. The van der Waals surface area contributed by atoms with Crippen molar-refractivity contribution in [2.45, 2.75) is 12.6 Å². The number of aromatic nitrogens is 2. The van der Waals surface area contributed by atoms with Crippen molar-refractivity contribution < 1.29 is 23.8 Å². The van der Waals surface area contributed by atoms with Crippen molar-refractivity contribution in [1.82, 2.24) is 14.9 Å². The molecule has 0 radical (unpaired) electrons. The van der Waals surface area contributed by atoms with Crippen LogP contribution in [0, 0.1) is 5.82 Å². The summed E-state index contributed by atoms with van der Waals surface area (Å²) < 4.78 is 19.1. The lowest BCUT2D eigenvalue weighted by Crippen LogP contribution is -2.29. The van der Waals surface area contributed by atoms with Crippen LogP contribution in [0.15, 0.2) is 72.8 Å². The number of Topliss-reactive ketones (excluding diaryl/α,β-unsaturated/α-hetero) is 1. The van der Waals surface area contributed by atoms with E-state index in [2.05, 4.69) is 9.97 Å². The Morgan fingerprint density at radius 1 is 1.13 bits per heavy atom. The number of carbonyl (C=O) groups is 2. The van der Waals surface area contributed by atoms with Gasteiger partial charge in [0.1, 0.15) is 5.76 Å². The molecule has 1 saturated heterocycles. The lowest BCUT2D eigenvalue weighted by atomic mass is 9.96. The third kappa shape index (κ3) is 3.75. The van der Waals surface area contributed by atoms with E-state index in [0.29, 0.717) is 11.1 Å². The fraction of sp³-hybridized carbons (Fsp3) is 0.130. The number of halogens is 1. The Morgan fingerprint density at radius 2 is 1.87 bits per heavy atom. The predicted octanol–water partition coefficient (Wildman–Crippen LogP) is 3.25. The van der Waals surface area contributed by atoms with Gasteiger partial charge in [0.15, 0.2) is 11.6 Å². The molecule has 1 fully saturated rings. The highest BCUT2D eigenvalue weighted by Crippen LogP contribution is 2.40. The molecule has 3 aromatic rings. The van der Waals surface area contributed by atoms with Gasteiger partial charge in [0, 0.05) is 36.9 Å². The third-order valence-electron chi connectivity index (χ3n) is 5.04. The Balaban J connectivity index is 1.85. The standard InChI is InChI=1S/C23H18FN3O4/c1-31-18-7-6-15(10-17(18)24)21(28)19-20(16-5-3-9-26-12-16)27(23(30)22(19)29)13-14-4-2-8-25-11-14/h2-12,20,28H,13H2,1H3/b21-19+. The quantitative estimate of drug-likeness (QED) is 0.388. The first kappa shape index (κ1) is 20.2. The second-order valence-corrected chi connectivity index (χ2v) is 6.92. The monoisotopic (exact) mass is 419 g/mol. The van der Waals surface area contributed by atoms with Crippen LogP contribution in [-0.2, 0) is 16.1 Å². The van der Waals surface area contributed by atoms with Crippen LogP contribution < -0.4 is 4.74 Å². The first-order chi connectivity index (χ1) is 15.0. The molecular formula is C23H18FN3O4. The normalized spacial score (nSPS) is 17.7. The number of benzene rings is 1. The van der Waals surface area contributed by atoms with Gasteiger partial charge in [-0.3, -0.25) is 19.6 Å². The van der Waals surface area contributed by atoms with Gasteiger partial charge in [0.05, 0.1) is 18.7 Å². The maximum Gasteiger partial charge on any atom is 0.295 e. The number of hydrogen-bond donors (Lipinski definition) is 1. The van der Waals surface area contributed by atoms with E-state index in [1.165, 1.54) is 30.3 Å². The van der Waals surface area contributed by atoms with Crippen molar-refractivity contribution in [3.63, 3.8) is 0 Å². The van der Waals surface area contributed by atoms with E-state index >= 15 is 0 Å². The maximum atomic E-state index is 14.2. The highest BCUT2D eigenvalue weighted by atomic mass is 19.1. The first-order valence-corrected chi connectivity index (χ1v) is 9.42. The van der Waals surface area contributed by atoms with E-state index in [4.69, 9.17) is 4.74 Å². The highest BCUT2D eigenvalue weighted by Gasteiger charge is 2.46. The molecule has 0 aliphatic carbocycles. The maximum absolute atomic E-state index is 14.2. The molecule has 1 aliphatic rings. The summed E-state index contributed by atoms with van der Waals surface area (Å²) in [4.78, 5) is 35.3. The molecule has 0 saturated carbocycles. The zero-order valence-corrected chi connectivity index (χ0v) is 16.5. The summed E-state index contributed by atoms with van der Waals surface area (Å²) in [5.74, 6) is -2.80. The van der Waals surface area contributed by atoms with Crippen LogP contribution in [-0.4, -0.2) is 38.8 Å². The van der Waals surface area contributed by atoms with Crippen molar-refractivity contribution in [3.8, 4) is 5.75 Å². The van der Waals surface area contributed by atoms with E-state index in [1.54, 1.807) is 42.9 Å². The number of pyridine rings is 2. The minimum atomic E-state index is -0.890. The Morgan fingerprint density at radius 3 is 2.48 bits per heavy atom. The third-order valence-corrected chi connectivity index (χ3v) is 5.04. The molecule has 0 bridgehead atoms. The molecule has 1 atom stereocenters. The zero-order valence-electron chi connectivity index (χ0n) is 16.5. The van der Waals surface area contributed by atoms with Gasteiger partial charge >= 0.3 is 0 Å². The second-order valence-electron chi connectivity index (χ2n) is 6.92. The zero-order chi connectivity index (χ0) is 22.0. The summed E-state index contributed by atoms with van der Waals surface area (Å²) in [5, 5.41) is 11.0. The topological polar surface area (TPSA) is 92.6 Å². The molecule has 2 aromatic heterocycles. The van der Waals surface area contributed by atoms with Crippen LogP contribution >= 0.6 is 0 Å². The number of nitrogens with zero attached hydrogens (tertiary/aromatic N) is 3. The smallest absolute Gasteiger partial charge is 0.295 e. The Kier molecular flexibility index (Phi) is 5.44. The van der Waals surface area contributed by atoms with Gasteiger partial charge in [0.25, 0.3) is 11.7 Å². The van der Waals surface area contributed by atoms with Gasteiger partial charge < -0.3 is 14.7 Å². The summed E-state index contributed by atoms with van der Waals surface area (Å²) in [7, 11) is 1.32. The van der Waals surface area contributed by atoms with Gasteiger partial charge in [-0.15, -0.1) is 0 Å². The molecule has 1 aliphatic heterocycles. The largest absolute Gasteiger partial charge is 0.507 e. The average Bonchev–Trinajstić information content (AvgIpc) is 3.04.